The topological polar surface area (TPSA) is 70.1 Å². The van der Waals surface area contributed by atoms with Gasteiger partial charge in [0.1, 0.15) is 5.82 Å². The maximum absolute atomic E-state index is 13.0. The van der Waals surface area contributed by atoms with E-state index in [1.165, 1.54) is 0 Å². The van der Waals surface area contributed by atoms with E-state index in [0.717, 1.165) is 53.6 Å². The zero-order chi connectivity index (χ0) is 21.7. The SMILES string of the molecule is Cc1cc(-c2nc3ccc(N(C)C4CCN(C)CC4)cc3c(=O)[nH]2)cc2cn(C)nc12. The highest BCUT2D eigenvalue weighted by atomic mass is 16.1. The van der Waals surface area contributed by atoms with Gasteiger partial charge in [-0.25, -0.2) is 4.98 Å². The Balaban J connectivity index is 1.52. The lowest BCUT2D eigenvalue weighted by molar-refractivity contribution is 0.253. The highest BCUT2D eigenvalue weighted by molar-refractivity contribution is 5.87. The Bertz CT molecular complexity index is 1330. The van der Waals surface area contributed by atoms with E-state index in [9.17, 15) is 4.79 Å². The van der Waals surface area contributed by atoms with Gasteiger partial charge in [-0.15, -0.1) is 0 Å². The van der Waals surface area contributed by atoms with E-state index in [0.29, 0.717) is 22.8 Å². The van der Waals surface area contributed by atoms with Crippen molar-refractivity contribution in [2.24, 2.45) is 7.05 Å². The largest absolute Gasteiger partial charge is 0.371 e. The van der Waals surface area contributed by atoms with Crippen LogP contribution in [0.3, 0.4) is 0 Å². The maximum Gasteiger partial charge on any atom is 0.259 e. The zero-order valence-corrected chi connectivity index (χ0v) is 18.5. The van der Waals surface area contributed by atoms with Crippen LogP contribution < -0.4 is 10.5 Å². The first-order valence-electron chi connectivity index (χ1n) is 10.8. The van der Waals surface area contributed by atoms with Crippen LogP contribution in [0.15, 0.2) is 41.3 Å². The fourth-order valence-electron chi connectivity index (χ4n) is 4.64. The van der Waals surface area contributed by atoms with Gasteiger partial charge in [0.25, 0.3) is 5.56 Å². The minimum atomic E-state index is -0.109. The van der Waals surface area contributed by atoms with Crippen LogP contribution in [0.25, 0.3) is 33.2 Å². The molecule has 0 saturated carbocycles. The van der Waals surface area contributed by atoms with Gasteiger partial charge in [0.05, 0.1) is 16.4 Å². The number of anilines is 1. The van der Waals surface area contributed by atoms with Crippen LogP contribution in [-0.2, 0) is 7.05 Å². The summed E-state index contributed by atoms with van der Waals surface area (Å²) in [6.07, 6.45) is 4.25. The van der Waals surface area contributed by atoms with E-state index in [1.807, 2.05) is 44.4 Å². The molecule has 1 aliphatic rings. The predicted octanol–water partition coefficient (Wildman–Crippen LogP) is 3.32. The molecule has 2 aromatic carbocycles. The lowest BCUT2D eigenvalue weighted by atomic mass is 10.0. The highest BCUT2D eigenvalue weighted by Crippen LogP contribution is 2.27. The third-order valence-corrected chi connectivity index (χ3v) is 6.52. The second-order valence-corrected chi connectivity index (χ2v) is 8.80. The lowest BCUT2D eigenvalue weighted by Crippen LogP contribution is -2.42. The summed E-state index contributed by atoms with van der Waals surface area (Å²) in [5.41, 5.74) is 4.59. The number of aromatic amines is 1. The normalized spacial score (nSPS) is 15.7. The molecule has 4 aromatic rings. The number of aromatic nitrogens is 4. The van der Waals surface area contributed by atoms with Crippen molar-refractivity contribution in [3.63, 3.8) is 0 Å². The van der Waals surface area contributed by atoms with Crippen LogP contribution in [0, 0.1) is 6.92 Å². The lowest BCUT2D eigenvalue weighted by Gasteiger charge is -2.36. The molecule has 0 amide bonds. The number of rotatable bonds is 3. The van der Waals surface area contributed by atoms with Crippen LogP contribution in [0.2, 0.25) is 0 Å². The molecule has 7 nitrogen and oxygen atoms in total. The van der Waals surface area contributed by atoms with Crippen molar-refractivity contribution in [3.05, 3.63) is 52.4 Å². The molecule has 0 atom stereocenters. The van der Waals surface area contributed by atoms with Gasteiger partial charge in [-0.05, 0) is 75.8 Å². The number of H-pyrrole nitrogens is 1. The number of likely N-dealkylation sites (tertiary alicyclic amines) is 1. The number of fused-ring (bicyclic) bond motifs is 2. The quantitative estimate of drug-likeness (QED) is 0.555. The fraction of sp³-hybridized carbons (Fsp3) is 0.375. The van der Waals surface area contributed by atoms with Gasteiger partial charge in [0.2, 0.25) is 0 Å². The number of aryl methyl sites for hydroxylation is 2. The molecule has 7 heteroatoms. The summed E-state index contributed by atoms with van der Waals surface area (Å²) < 4.78 is 1.81. The molecule has 1 saturated heterocycles. The van der Waals surface area contributed by atoms with Crippen molar-refractivity contribution in [2.75, 3.05) is 32.1 Å². The summed E-state index contributed by atoms with van der Waals surface area (Å²) in [7, 11) is 6.21. The molecule has 0 spiro atoms. The van der Waals surface area contributed by atoms with Crippen molar-refractivity contribution >= 4 is 27.5 Å². The van der Waals surface area contributed by atoms with E-state index >= 15 is 0 Å². The Morgan fingerprint density at radius 3 is 2.68 bits per heavy atom. The molecule has 0 radical (unpaired) electrons. The minimum Gasteiger partial charge on any atom is -0.371 e. The van der Waals surface area contributed by atoms with Crippen LogP contribution in [0.1, 0.15) is 18.4 Å². The number of piperidine rings is 1. The van der Waals surface area contributed by atoms with Crippen molar-refractivity contribution in [1.82, 2.24) is 24.6 Å². The average molecular weight is 417 g/mol. The van der Waals surface area contributed by atoms with Crippen LogP contribution in [0.4, 0.5) is 5.69 Å². The first-order chi connectivity index (χ1) is 14.9. The van der Waals surface area contributed by atoms with Gasteiger partial charge >= 0.3 is 0 Å². The predicted molar refractivity (Wildman–Crippen MR) is 126 cm³/mol. The van der Waals surface area contributed by atoms with Crippen LogP contribution >= 0.6 is 0 Å². The van der Waals surface area contributed by atoms with Gasteiger partial charge in [-0.3, -0.25) is 9.48 Å². The van der Waals surface area contributed by atoms with E-state index < -0.39 is 0 Å². The molecule has 0 bridgehead atoms. The molecule has 0 aliphatic carbocycles. The van der Waals surface area contributed by atoms with Crippen molar-refractivity contribution in [3.8, 4) is 11.4 Å². The number of nitrogens with one attached hydrogen (secondary N) is 1. The van der Waals surface area contributed by atoms with Gasteiger partial charge in [-0.1, -0.05) is 0 Å². The van der Waals surface area contributed by atoms with E-state index in [4.69, 9.17) is 4.98 Å². The summed E-state index contributed by atoms with van der Waals surface area (Å²) in [5, 5.41) is 6.16. The molecular formula is C24H28N6O. The molecule has 2 aromatic heterocycles. The van der Waals surface area contributed by atoms with E-state index in [1.54, 1.807) is 4.68 Å². The van der Waals surface area contributed by atoms with Crippen LogP contribution in [-0.4, -0.2) is 57.9 Å². The number of benzene rings is 2. The third kappa shape index (κ3) is 3.59. The smallest absolute Gasteiger partial charge is 0.259 e. The molecular weight excluding hydrogens is 388 g/mol. The molecule has 160 valence electrons. The Labute approximate surface area is 181 Å². The van der Waals surface area contributed by atoms with Gasteiger partial charge in [-0.2, -0.15) is 5.10 Å². The van der Waals surface area contributed by atoms with E-state index in [-0.39, 0.29) is 5.56 Å². The highest BCUT2D eigenvalue weighted by Gasteiger charge is 2.21. The average Bonchev–Trinajstić information content (AvgIpc) is 3.14. The second-order valence-electron chi connectivity index (χ2n) is 8.80. The van der Waals surface area contributed by atoms with E-state index in [2.05, 4.69) is 40.0 Å². The van der Waals surface area contributed by atoms with Gasteiger partial charge < -0.3 is 14.8 Å². The summed E-state index contributed by atoms with van der Waals surface area (Å²) in [6.45, 7) is 4.24. The second kappa shape index (κ2) is 7.50. The summed E-state index contributed by atoms with van der Waals surface area (Å²) in [5.74, 6) is 0.586. The zero-order valence-electron chi connectivity index (χ0n) is 18.5. The molecule has 5 rings (SSSR count). The number of nitrogens with zero attached hydrogens (tertiary/aromatic N) is 5. The minimum absolute atomic E-state index is 0.109. The van der Waals surface area contributed by atoms with Crippen molar-refractivity contribution in [1.29, 1.82) is 0 Å². The Morgan fingerprint density at radius 1 is 1.13 bits per heavy atom. The molecule has 3 heterocycles. The summed E-state index contributed by atoms with van der Waals surface area (Å²) >= 11 is 0. The summed E-state index contributed by atoms with van der Waals surface area (Å²) in [6, 6.07) is 10.6. The Kier molecular flexibility index (Phi) is 4.78. The number of hydrogen-bond acceptors (Lipinski definition) is 5. The Morgan fingerprint density at radius 2 is 1.90 bits per heavy atom. The molecule has 0 unspecified atom stereocenters. The summed E-state index contributed by atoms with van der Waals surface area (Å²) in [4.78, 5) is 25.4. The van der Waals surface area contributed by atoms with Gasteiger partial charge in [0.15, 0.2) is 0 Å². The first-order valence-corrected chi connectivity index (χ1v) is 10.8. The molecule has 1 fully saturated rings. The molecule has 1 aliphatic heterocycles. The standard InChI is InChI=1S/C24H28N6O/c1-15-11-16(12-17-14-29(3)27-22(15)17)23-25-21-6-5-19(13-20(21)24(31)26-23)30(4)18-7-9-28(2)10-8-18/h5-6,11-14,18H,7-10H2,1-4H3,(H,25,26,31). The fourth-order valence-corrected chi connectivity index (χ4v) is 4.64. The number of hydrogen-bond donors (Lipinski definition) is 1. The van der Waals surface area contributed by atoms with Crippen LogP contribution in [0.5, 0.6) is 0 Å². The molecule has 1 N–H and O–H groups in total. The molecule has 31 heavy (non-hydrogen) atoms. The van der Waals surface area contributed by atoms with Crippen molar-refractivity contribution in [2.45, 2.75) is 25.8 Å². The Hall–Kier alpha value is -3.19. The van der Waals surface area contributed by atoms with Crippen molar-refractivity contribution < 1.29 is 0 Å². The third-order valence-electron chi connectivity index (χ3n) is 6.52. The first kappa shape index (κ1) is 19.8. The maximum atomic E-state index is 13.0. The van der Waals surface area contributed by atoms with Gasteiger partial charge in [0, 0.05) is 43.0 Å². The monoisotopic (exact) mass is 416 g/mol.